The van der Waals surface area contributed by atoms with Crippen molar-refractivity contribution in [2.45, 2.75) is 31.3 Å². The molecule has 1 aromatic heterocycles. The van der Waals surface area contributed by atoms with Crippen molar-refractivity contribution in [3.63, 3.8) is 0 Å². The zero-order valence-corrected chi connectivity index (χ0v) is 10.8. The highest BCUT2D eigenvalue weighted by molar-refractivity contribution is 5.78. The van der Waals surface area contributed by atoms with E-state index < -0.39 is 0 Å². The highest BCUT2D eigenvalue weighted by atomic mass is 16.5. The van der Waals surface area contributed by atoms with E-state index in [9.17, 15) is 0 Å². The lowest BCUT2D eigenvalue weighted by Crippen LogP contribution is -2.29. The van der Waals surface area contributed by atoms with Crippen LogP contribution in [0.2, 0.25) is 0 Å². The summed E-state index contributed by atoms with van der Waals surface area (Å²) in [5, 5.41) is 1.05. The number of fused-ring (bicyclic) bond motifs is 1. The first kappa shape index (κ1) is 11.2. The molecule has 1 aliphatic heterocycles. The average molecular weight is 255 g/mol. The van der Waals surface area contributed by atoms with Gasteiger partial charge in [0.1, 0.15) is 18.7 Å². The van der Waals surface area contributed by atoms with Gasteiger partial charge in [0, 0.05) is 30.2 Å². The summed E-state index contributed by atoms with van der Waals surface area (Å²) in [5.41, 5.74) is 0.944. The van der Waals surface area contributed by atoms with Crippen LogP contribution in [0.5, 0.6) is 5.75 Å². The molecule has 4 rings (SSSR count). The van der Waals surface area contributed by atoms with E-state index in [0.29, 0.717) is 6.04 Å². The molecule has 4 nitrogen and oxygen atoms in total. The quantitative estimate of drug-likeness (QED) is 0.785. The third-order valence-electron chi connectivity index (χ3n) is 4.22. The molecule has 0 N–H and O–H groups in total. The van der Waals surface area contributed by atoms with E-state index in [-0.39, 0.29) is 0 Å². The van der Waals surface area contributed by atoms with Crippen molar-refractivity contribution in [2.24, 2.45) is 0 Å². The lowest BCUT2D eigenvalue weighted by molar-refractivity contribution is 0.215. The maximum atomic E-state index is 5.88. The van der Waals surface area contributed by atoms with Gasteiger partial charge in [-0.1, -0.05) is 6.42 Å². The van der Waals surface area contributed by atoms with Gasteiger partial charge in [0.05, 0.1) is 11.6 Å². The minimum Gasteiger partial charge on any atom is -0.492 e. The van der Waals surface area contributed by atoms with Gasteiger partial charge in [-0.2, -0.15) is 0 Å². The molecular formula is C15H17N3O. The highest BCUT2D eigenvalue weighted by Gasteiger charge is 2.42. The molecule has 0 spiro atoms. The fraction of sp³-hybridized carbons (Fsp3) is 0.467. The van der Waals surface area contributed by atoms with Crippen LogP contribution >= 0.6 is 0 Å². The smallest absolute Gasteiger partial charge is 0.121 e. The van der Waals surface area contributed by atoms with Crippen LogP contribution in [0.4, 0.5) is 0 Å². The molecule has 19 heavy (non-hydrogen) atoms. The van der Waals surface area contributed by atoms with E-state index in [4.69, 9.17) is 4.74 Å². The van der Waals surface area contributed by atoms with Gasteiger partial charge in [-0.05, 0) is 25.0 Å². The summed E-state index contributed by atoms with van der Waals surface area (Å²) in [6.45, 7) is 2.01. The lowest BCUT2D eigenvalue weighted by atomic mass is 9.93. The highest BCUT2D eigenvalue weighted by Crippen LogP contribution is 2.33. The Kier molecular flexibility index (Phi) is 2.62. The van der Waals surface area contributed by atoms with Crippen LogP contribution in [0.15, 0.2) is 30.7 Å². The first-order valence-electron chi connectivity index (χ1n) is 6.98. The van der Waals surface area contributed by atoms with Gasteiger partial charge in [-0.15, -0.1) is 0 Å². The first-order valence-corrected chi connectivity index (χ1v) is 6.98. The molecule has 2 fully saturated rings. The molecule has 2 aliphatic rings. The first-order chi connectivity index (χ1) is 9.40. The monoisotopic (exact) mass is 255 g/mol. The van der Waals surface area contributed by atoms with Gasteiger partial charge in [-0.25, -0.2) is 9.97 Å². The van der Waals surface area contributed by atoms with Crippen molar-refractivity contribution in [1.29, 1.82) is 0 Å². The third-order valence-corrected chi connectivity index (χ3v) is 4.22. The zero-order valence-electron chi connectivity index (χ0n) is 10.8. The second-order valence-corrected chi connectivity index (χ2v) is 5.49. The Balaban J connectivity index is 1.39. The van der Waals surface area contributed by atoms with Crippen LogP contribution in [0.1, 0.15) is 19.3 Å². The average Bonchev–Trinajstić information content (AvgIpc) is 3.13. The minimum absolute atomic E-state index is 0.631. The van der Waals surface area contributed by atoms with Crippen molar-refractivity contribution in [1.82, 2.24) is 14.9 Å². The van der Waals surface area contributed by atoms with Crippen molar-refractivity contribution < 1.29 is 4.74 Å². The number of hydrogen-bond acceptors (Lipinski definition) is 4. The third kappa shape index (κ3) is 2.16. The number of hydrogen-bond donors (Lipinski definition) is 0. The Morgan fingerprint density at radius 2 is 2.26 bits per heavy atom. The number of rotatable bonds is 4. The molecule has 1 aliphatic carbocycles. The molecule has 2 unspecified atom stereocenters. The van der Waals surface area contributed by atoms with Crippen molar-refractivity contribution in [2.75, 3.05) is 13.2 Å². The summed E-state index contributed by atoms with van der Waals surface area (Å²) >= 11 is 0. The molecule has 0 radical (unpaired) electrons. The number of nitrogens with zero attached hydrogens (tertiary/aromatic N) is 3. The summed E-state index contributed by atoms with van der Waals surface area (Å²) in [5.74, 6) is 0.909. The van der Waals surface area contributed by atoms with Crippen LogP contribution < -0.4 is 4.74 Å². The molecule has 4 heteroatoms. The predicted molar refractivity (Wildman–Crippen MR) is 73.2 cm³/mol. The van der Waals surface area contributed by atoms with Crippen LogP contribution in [0, 0.1) is 0 Å². The lowest BCUT2D eigenvalue weighted by Gasteiger charge is -2.27. The maximum Gasteiger partial charge on any atom is 0.121 e. The normalized spacial score (nSPS) is 26.1. The van der Waals surface area contributed by atoms with E-state index >= 15 is 0 Å². The molecule has 1 saturated carbocycles. The van der Waals surface area contributed by atoms with Crippen LogP contribution in [0.3, 0.4) is 0 Å². The van der Waals surface area contributed by atoms with Crippen LogP contribution in [-0.2, 0) is 0 Å². The van der Waals surface area contributed by atoms with Crippen molar-refractivity contribution >= 4 is 10.9 Å². The summed E-state index contributed by atoms with van der Waals surface area (Å²) in [6, 6.07) is 7.49. The van der Waals surface area contributed by atoms with E-state index in [1.807, 2.05) is 24.4 Å². The van der Waals surface area contributed by atoms with E-state index in [0.717, 1.165) is 29.3 Å². The van der Waals surface area contributed by atoms with Crippen LogP contribution in [0.25, 0.3) is 10.9 Å². The van der Waals surface area contributed by atoms with Gasteiger partial charge in [0.25, 0.3) is 0 Å². The molecule has 2 aromatic rings. The molecule has 0 bridgehead atoms. The topological polar surface area (TPSA) is 38.0 Å². The van der Waals surface area contributed by atoms with Gasteiger partial charge in [0.2, 0.25) is 0 Å². The van der Waals surface area contributed by atoms with E-state index in [2.05, 4.69) is 14.9 Å². The summed E-state index contributed by atoms with van der Waals surface area (Å²) in [4.78, 5) is 10.8. The zero-order chi connectivity index (χ0) is 12.7. The Bertz CT molecular complexity index is 597. The maximum absolute atomic E-state index is 5.88. The second-order valence-electron chi connectivity index (χ2n) is 5.49. The van der Waals surface area contributed by atoms with Gasteiger partial charge < -0.3 is 4.74 Å². The Labute approximate surface area is 112 Å². The minimum atomic E-state index is 0.631. The number of ether oxygens (including phenoxy) is 1. The Hall–Kier alpha value is -1.68. The van der Waals surface area contributed by atoms with E-state index in [1.54, 1.807) is 6.33 Å². The molecule has 0 amide bonds. The molecule has 2 atom stereocenters. The molecule has 98 valence electrons. The van der Waals surface area contributed by atoms with Crippen molar-refractivity contribution in [3.8, 4) is 5.75 Å². The summed E-state index contributed by atoms with van der Waals surface area (Å²) in [6.07, 6.45) is 7.56. The van der Waals surface area contributed by atoms with Crippen molar-refractivity contribution in [3.05, 3.63) is 30.7 Å². The molecule has 2 heterocycles. The van der Waals surface area contributed by atoms with Gasteiger partial charge >= 0.3 is 0 Å². The Morgan fingerprint density at radius 3 is 3.11 bits per heavy atom. The number of aromatic nitrogens is 2. The fourth-order valence-electron chi connectivity index (χ4n) is 2.75. The van der Waals surface area contributed by atoms with Gasteiger partial charge in [0.15, 0.2) is 0 Å². The van der Waals surface area contributed by atoms with Crippen LogP contribution in [-0.4, -0.2) is 40.1 Å². The van der Waals surface area contributed by atoms with Gasteiger partial charge in [-0.3, -0.25) is 4.90 Å². The molecule has 1 saturated heterocycles. The largest absolute Gasteiger partial charge is 0.492 e. The summed E-state index contributed by atoms with van der Waals surface area (Å²) < 4.78 is 5.88. The number of benzene rings is 1. The molecular weight excluding hydrogens is 238 g/mol. The second kappa shape index (κ2) is 4.46. The Morgan fingerprint density at radius 1 is 1.32 bits per heavy atom. The van der Waals surface area contributed by atoms with E-state index in [1.165, 1.54) is 25.8 Å². The molecule has 1 aromatic carbocycles. The predicted octanol–water partition coefficient (Wildman–Crippen LogP) is 2.25. The standard InChI is InChI=1S/C15H17N3O/c1-2-12(3-1)18-8-13(18)9-19-14-5-4-11-7-16-10-17-15(11)6-14/h4-7,10,12-13H,1-3,8-9H2. The summed E-state index contributed by atoms with van der Waals surface area (Å²) in [7, 11) is 0. The fourth-order valence-corrected chi connectivity index (χ4v) is 2.75. The SMILES string of the molecule is c1ncc2ccc(OCC3CN3C3CCC3)cc2n1.